The predicted molar refractivity (Wildman–Crippen MR) is 92.4 cm³/mol. The Balaban J connectivity index is 1.75. The van der Waals surface area contributed by atoms with Crippen LogP contribution >= 0.6 is 0 Å². The van der Waals surface area contributed by atoms with Crippen LogP contribution in [0.15, 0.2) is 60.9 Å². The Bertz CT molecular complexity index is 942. The summed E-state index contributed by atoms with van der Waals surface area (Å²) in [5.41, 5.74) is 7.47. The molecule has 1 heterocycles. The predicted octanol–water partition coefficient (Wildman–Crippen LogP) is 3.88. The number of nitrogens with one attached hydrogen (secondary N) is 1. The molecule has 0 atom stereocenters. The topological polar surface area (TPSA) is 90.1 Å². The van der Waals surface area contributed by atoms with Gasteiger partial charge in [-0.25, -0.2) is 9.97 Å². The summed E-state index contributed by atoms with van der Waals surface area (Å²) in [6.45, 7) is 0. The van der Waals surface area contributed by atoms with E-state index in [2.05, 4.69) is 20.0 Å². The Morgan fingerprint density at radius 2 is 1.67 bits per heavy atom. The van der Waals surface area contributed by atoms with Crippen molar-refractivity contribution in [2.75, 3.05) is 5.32 Å². The molecule has 3 N–H and O–H groups in total. The molecule has 0 fully saturated rings. The van der Waals surface area contributed by atoms with E-state index in [9.17, 15) is 18.0 Å². The maximum absolute atomic E-state index is 12.2. The Morgan fingerprint density at radius 1 is 1.00 bits per heavy atom. The molecule has 9 heteroatoms. The van der Waals surface area contributed by atoms with Crippen LogP contribution in [-0.4, -0.2) is 22.2 Å². The standard InChI is InChI=1S/C18H13F3N4O2/c19-18(20,21)27-14-7-5-13(6-8-14)25-16-9-15(23-10-24-16)11-1-3-12(4-2-11)17(22)26/h1-10H,(H2,22,26)(H,23,24,25). The normalized spacial score (nSPS) is 11.1. The minimum Gasteiger partial charge on any atom is -0.406 e. The van der Waals surface area contributed by atoms with Crippen molar-refractivity contribution >= 4 is 17.4 Å². The molecule has 0 spiro atoms. The number of carbonyl (C=O) groups excluding carboxylic acids is 1. The third kappa shape index (κ3) is 4.94. The lowest BCUT2D eigenvalue weighted by molar-refractivity contribution is -0.274. The van der Waals surface area contributed by atoms with Crippen molar-refractivity contribution in [1.29, 1.82) is 0 Å². The van der Waals surface area contributed by atoms with Crippen molar-refractivity contribution in [3.05, 3.63) is 66.5 Å². The molecule has 0 saturated heterocycles. The first-order valence-electron chi connectivity index (χ1n) is 7.65. The summed E-state index contributed by atoms with van der Waals surface area (Å²) in [6.07, 6.45) is -3.39. The van der Waals surface area contributed by atoms with Gasteiger partial charge in [-0.1, -0.05) is 12.1 Å². The fourth-order valence-electron chi connectivity index (χ4n) is 2.28. The molecular formula is C18H13F3N4O2. The number of nitrogens with two attached hydrogens (primary N) is 1. The Morgan fingerprint density at radius 3 is 2.26 bits per heavy atom. The number of benzene rings is 2. The van der Waals surface area contributed by atoms with Gasteiger partial charge < -0.3 is 15.8 Å². The number of hydrogen-bond acceptors (Lipinski definition) is 5. The molecule has 0 bridgehead atoms. The highest BCUT2D eigenvalue weighted by atomic mass is 19.4. The van der Waals surface area contributed by atoms with E-state index in [0.29, 0.717) is 22.8 Å². The average molecular weight is 374 g/mol. The van der Waals surface area contributed by atoms with Crippen LogP contribution in [0.1, 0.15) is 10.4 Å². The molecule has 6 nitrogen and oxygen atoms in total. The van der Waals surface area contributed by atoms with Gasteiger partial charge in [-0.05, 0) is 36.4 Å². The fraction of sp³-hybridized carbons (Fsp3) is 0.0556. The second kappa shape index (κ2) is 7.32. The molecule has 0 aliphatic rings. The zero-order valence-electron chi connectivity index (χ0n) is 13.7. The van der Waals surface area contributed by atoms with E-state index >= 15 is 0 Å². The van der Waals surface area contributed by atoms with Crippen molar-refractivity contribution < 1.29 is 22.7 Å². The molecule has 2 aromatic carbocycles. The summed E-state index contributed by atoms with van der Waals surface area (Å²) >= 11 is 0. The molecule has 0 saturated carbocycles. The van der Waals surface area contributed by atoms with Gasteiger partial charge in [0.25, 0.3) is 0 Å². The minimum atomic E-state index is -4.74. The number of amides is 1. The summed E-state index contributed by atoms with van der Waals surface area (Å²) in [7, 11) is 0. The monoisotopic (exact) mass is 374 g/mol. The largest absolute Gasteiger partial charge is 0.573 e. The second-order valence-electron chi connectivity index (χ2n) is 5.43. The Labute approximate surface area is 151 Å². The fourth-order valence-corrected chi connectivity index (χ4v) is 2.28. The molecule has 0 aliphatic carbocycles. The van der Waals surface area contributed by atoms with E-state index < -0.39 is 12.3 Å². The Hall–Kier alpha value is -3.62. The highest BCUT2D eigenvalue weighted by molar-refractivity contribution is 5.93. The molecule has 0 unspecified atom stereocenters. The van der Waals surface area contributed by atoms with Crippen LogP contribution in [0.4, 0.5) is 24.7 Å². The SMILES string of the molecule is NC(=O)c1ccc(-c2cc(Nc3ccc(OC(F)(F)F)cc3)ncn2)cc1. The van der Waals surface area contributed by atoms with E-state index in [1.54, 1.807) is 30.3 Å². The molecule has 27 heavy (non-hydrogen) atoms. The zero-order chi connectivity index (χ0) is 19.4. The molecule has 3 aromatic rings. The van der Waals surface area contributed by atoms with Crippen LogP contribution in [0.3, 0.4) is 0 Å². The van der Waals surface area contributed by atoms with E-state index in [-0.39, 0.29) is 5.75 Å². The van der Waals surface area contributed by atoms with Crippen LogP contribution in [0.2, 0.25) is 0 Å². The van der Waals surface area contributed by atoms with E-state index in [4.69, 9.17) is 5.73 Å². The van der Waals surface area contributed by atoms with Crippen LogP contribution in [0.25, 0.3) is 11.3 Å². The van der Waals surface area contributed by atoms with Crippen LogP contribution in [-0.2, 0) is 0 Å². The first-order chi connectivity index (χ1) is 12.8. The van der Waals surface area contributed by atoms with Crippen LogP contribution in [0, 0.1) is 0 Å². The lowest BCUT2D eigenvalue weighted by Crippen LogP contribution is -2.16. The van der Waals surface area contributed by atoms with Gasteiger partial charge in [-0.3, -0.25) is 4.79 Å². The number of halogens is 3. The maximum atomic E-state index is 12.2. The molecule has 1 aromatic heterocycles. The van der Waals surface area contributed by atoms with Gasteiger partial charge >= 0.3 is 6.36 Å². The van der Waals surface area contributed by atoms with Crippen molar-refractivity contribution in [3.8, 4) is 17.0 Å². The number of carbonyl (C=O) groups is 1. The van der Waals surface area contributed by atoms with Crippen molar-refractivity contribution in [1.82, 2.24) is 9.97 Å². The van der Waals surface area contributed by atoms with E-state index in [0.717, 1.165) is 5.56 Å². The van der Waals surface area contributed by atoms with Gasteiger partial charge in [0.15, 0.2) is 0 Å². The number of aromatic nitrogens is 2. The lowest BCUT2D eigenvalue weighted by Gasteiger charge is -2.10. The lowest BCUT2D eigenvalue weighted by atomic mass is 10.1. The molecular weight excluding hydrogens is 361 g/mol. The van der Waals surface area contributed by atoms with Crippen LogP contribution < -0.4 is 15.8 Å². The summed E-state index contributed by atoms with van der Waals surface area (Å²) in [4.78, 5) is 19.4. The number of alkyl halides is 3. The Kier molecular flexibility index (Phi) is 4.93. The quantitative estimate of drug-likeness (QED) is 0.707. The smallest absolute Gasteiger partial charge is 0.406 e. The number of nitrogens with zero attached hydrogens (tertiary/aromatic N) is 2. The number of ether oxygens (including phenoxy) is 1. The summed E-state index contributed by atoms with van der Waals surface area (Å²) in [6, 6.07) is 13.5. The van der Waals surface area contributed by atoms with E-state index in [1.165, 1.54) is 30.6 Å². The second-order valence-corrected chi connectivity index (χ2v) is 5.43. The van der Waals surface area contributed by atoms with Gasteiger partial charge in [-0.2, -0.15) is 0 Å². The third-order valence-corrected chi connectivity index (χ3v) is 3.49. The third-order valence-electron chi connectivity index (χ3n) is 3.49. The summed E-state index contributed by atoms with van der Waals surface area (Å²) in [5, 5.41) is 2.97. The van der Waals surface area contributed by atoms with Gasteiger partial charge in [-0.15, -0.1) is 13.2 Å². The number of rotatable bonds is 5. The zero-order valence-corrected chi connectivity index (χ0v) is 13.7. The average Bonchev–Trinajstić information content (AvgIpc) is 2.62. The van der Waals surface area contributed by atoms with Crippen molar-refractivity contribution in [3.63, 3.8) is 0 Å². The van der Waals surface area contributed by atoms with Crippen molar-refractivity contribution in [2.24, 2.45) is 5.73 Å². The number of primary amides is 1. The summed E-state index contributed by atoms with van der Waals surface area (Å²) < 4.78 is 40.4. The molecule has 0 radical (unpaired) electrons. The van der Waals surface area contributed by atoms with Gasteiger partial charge in [0.2, 0.25) is 5.91 Å². The van der Waals surface area contributed by atoms with Crippen LogP contribution in [0.5, 0.6) is 5.75 Å². The number of hydrogen-bond donors (Lipinski definition) is 2. The first kappa shape index (κ1) is 18.2. The molecule has 138 valence electrons. The highest BCUT2D eigenvalue weighted by Gasteiger charge is 2.30. The highest BCUT2D eigenvalue weighted by Crippen LogP contribution is 2.26. The van der Waals surface area contributed by atoms with Gasteiger partial charge in [0, 0.05) is 22.9 Å². The summed E-state index contributed by atoms with van der Waals surface area (Å²) in [5.74, 6) is -0.390. The van der Waals surface area contributed by atoms with E-state index in [1.807, 2.05) is 0 Å². The van der Waals surface area contributed by atoms with Gasteiger partial charge in [0.1, 0.15) is 17.9 Å². The molecule has 1 amide bonds. The molecule has 3 rings (SSSR count). The van der Waals surface area contributed by atoms with Crippen molar-refractivity contribution in [2.45, 2.75) is 6.36 Å². The maximum Gasteiger partial charge on any atom is 0.573 e. The first-order valence-corrected chi connectivity index (χ1v) is 7.65. The number of anilines is 2. The minimum absolute atomic E-state index is 0.314. The molecule has 0 aliphatic heterocycles. The van der Waals surface area contributed by atoms with Gasteiger partial charge in [0.05, 0.1) is 5.69 Å².